The largest absolute Gasteiger partial charge is 0.367 e. The van der Waals surface area contributed by atoms with Crippen LogP contribution in [0.4, 0.5) is 10.1 Å². The molecule has 8 nitrogen and oxygen atoms in total. The molecule has 2 amide bonds. The van der Waals surface area contributed by atoms with Crippen molar-refractivity contribution in [3.63, 3.8) is 0 Å². The Morgan fingerprint density at radius 2 is 1.63 bits per heavy atom. The highest BCUT2D eigenvalue weighted by Crippen LogP contribution is 2.23. The second-order valence-corrected chi connectivity index (χ2v) is 6.84. The molecule has 9 heteroatoms. The van der Waals surface area contributed by atoms with E-state index in [1.54, 1.807) is 0 Å². The molecular formula is C21H31FN4O4. The molecule has 0 spiro atoms. The van der Waals surface area contributed by atoms with Gasteiger partial charge in [0.2, 0.25) is 11.8 Å². The Labute approximate surface area is 176 Å². The zero-order valence-corrected chi connectivity index (χ0v) is 18.0. The van der Waals surface area contributed by atoms with Gasteiger partial charge in [0.25, 0.3) is 0 Å². The van der Waals surface area contributed by atoms with Crippen LogP contribution in [-0.2, 0) is 9.59 Å². The van der Waals surface area contributed by atoms with E-state index in [0.29, 0.717) is 44.2 Å². The Morgan fingerprint density at radius 1 is 1.07 bits per heavy atom. The molecule has 2 aliphatic rings. The van der Waals surface area contributed by atoms with Crippen molar-refractivity contribution in [2.24, 2.45) is 0 Å². The number of piperazine rings is 1. The number of hydrogen-bond acceptors (Lipinski definition) is 7. The SMILES string of the molecule is CC.CN(C)C1CCC(=O)NC1=O.O=Cc1cc(F)c(N2CCNCC2)cc1C=O. The van der Waals surface area contributed by atoms with Gasteiger partial charge in [0.05, 0.1) is 11.7 Å². The molecule has 2 fully saturated rings. The van der Waals surface area contributed by atoms with Crippen molar-refractivity contribution in [2.75, 3.05) is 45.2 Å². The fourth-order valence-electron chi connectivity index (χ4n) is 3.12. The highest BCUT2D eigenvalue weighted by molar-refractivity contribution is 6.00. The van der Waals surface area contributed by atoms with E-state index in [9.17, 15) is 23.6 Å². The Balaban J connectivity index is 0.000000300. The molecule has 1 unspecified atom stereocenters. The standard InChI is InChI=1S/C12H13FN2O2.C7H12N2O2.C2H6/c13-11-5-9(7-16)10(8-17)6-12(11)15-3-1-14-2-4-15;1-9(2)5-3-4-6(10)8-7(5)11;1-2/h5-8,14H,1-4H2;5H,3-4H2,1-2H3,(H,8,10,11);1-2H3. The number of aldehydes is 2. The average molecular weight is 423 g/mol. The summed E-state index contributed by atoms with van der Waals surface area (Å²) in [6.07, 6.45) is 2.16. The molecule has 30 heavy (non-hydrogen) atoms. The number of hydrogen-bond donors (Lipinski definition) is 2. The lowest BCUT2D eigenvalue weighted by atomic mass is 10.1. The number of nitrogens with zero attached hydrogens (tertiary/aromatic N) is 2. The molecule has 0 radical (unpaired) electrons. The van der Waals surface area contributed by atoms with Gasteiger partial charge in [-0.15, -0.1) is 0 Å². The van der Waals surface area contributed by atoms with E-state index >= 15 is 0 Å². The van der Waals surface area contributed by atoms with Gasteiger partial charge < -0.3 is 10.2 Å². The van der Waals surface area contributed by atoms with Crippen molar-refractivity contribution < 1.29 is 23.6 Å². The number of rotatable bonds is 4. The molecule has 2 saturated heterocycles. The van der Waals surface area contributed by atoms with Crippen molar-refractivity contribution in [1.82, 2.24) is 15.5 Å². The van der Waals surface area contributed by atoms with Crippen LogP contribution in [0.1, 0.15) is 47.4 Å². The van der Waals surface area contributed by atoms with Crippen molar-refractivity contribution in [3.05, 3.63) is 29.1 Å². The number of piperidine rings is 1. The number of nitrogens with one attached hydrogen (secondary N) is 2. The van der Waals surface area contributed by atoms with Gasteiger partial charge in [0.15, 0.2) is 12.6 Å². The van der Waals surface area contributed by atoms with Crippen LogP contribution in [0, 0.1) is 5.82 Å². The van der Waals surface area contributed by atoms with Gasteiger partial charge >= 0.3 is 0 Å². The zero-order valence-electron chi connectivity index (χ0n) is 18.0. The molecule has 1 atom stereocenters. The van der Waals surface area contributed by atoms with Crippen LogP contribution in [0.25, 0.3) is 0 Å². The van der Waals surface area contributed by atoms with Crippen LogP contribution >= 0.6 is 0 Å². The summed E-state index contributed by atoms with van der Waals surface area (Å²) in [5.41, 5.74) is 0.713. The lowest BCUT2D eigenvalue weighted by molar-refractivity contribution is -0.136. The summed E-state index contributed by atoms with van der Waals surface area (Å²) in [6, 6.07) is 2.43. The van der Waals surface area contributed by atoms with E-state index in [1.807, 2.05) is 37.7 Å². The molecule has 2 N–H and O–H groups in total. The molecule has 1 aromatic carbocycles. The first kappa shape index (κ1) is 25.4. The number of benzene rings is 1. The summed E-state index contributed by atoms with van der Waals surface area (Å²) in [5, 5.41) is 5.46. The molecule has 3 rings (SSSR count). The minimum absolute atomic E-state index is 0.0939. The predicted octanol–water partition coefficient (Wildman–Crippen LogP) is 1.24. The Kier molecular flexibility index (Phi) is 10.8. The highest BCUT2D eigenvalue weighted by atomic mass is 19.1. The number of imide groups is 1. The lowest BCUT2D eigenvalue weighted by Crippen LogP contribution is -2.50. The third-order valence-electron chi connectivity index (χ3n) is 4.70. The molecule has 0 aromatic heterocycles. The Morgan fingerprint density at radius 3 is 2.13 bits per heavy atom. The third-order valence-corrected chi connectivity index (χ3v) is 4.70. The van der Waals surface area contributed by atoms with Crippen molar-refractivity contribution in [1.29, 1.82) is 0 Å². The fraction of sp³-hybridized carbons (Fsp3) is 0.524. The summed E-state index contributed by atoms with van der Waals surface area (Å²) in [4.78, 5) is 47.0. The smallest absolute Gasteiger partial charge is 0.243 e. The quantitative estimate of drug-likeness (QED) is 0.556. The van der Waals surface area contributed by atoms with Crippen molar-refractivity contribution in [2.45, 2.75) is 32.7 Å². The van der Waals surface area contributed by atoms with Gasteiger partial charge in [-0.1, -0.05) is 13.8 Å². The van der Waals surface area contributed by atoms with Gasteiger partial charge in [-0.05, 0) is 32.6 Å². The Bertz CT molecular complexity index is 749. The average Bonchev–Trinajstić information content (AvgIpc) is 2.75. The van der Waals surface area contributed by atoms with Crippen LogP contribution < -0.4 is 15.5 Å². The summed E-state index contributed by atoms with van der Waals surface area (Å²) >= 11 is 0. The molecule has 0 saturated carbocycles. The number of carbonyl (C=O) groups is 4. The van der Waals surface area contributed by atoms with Crippen LogP contribution in [0.15, 0.2) is 12.1 Å². The molecule has 0 aliphatic carbocycles. The maximum atomic E-state index is 13.8. The number of anilines is 1. The summed E-state index contributed by atoms with van der Waals surface area (Å²) < 4.78 is 13.8. The minimum atomic E-state index is -0.459. The highest BCUT2D eigenvalue weighted by Gasteiger charge is 2.27. The zero-order chi connectivity index (χ0) is 22.7. The number of halogens is 1. The predicted molar refractivity (Wildman–Crippen MR) is 113 cm³/mol. The van der Waals surface area contributed by atoms with Crippen molar-refractivity contribution >= 4 is 30.1 Å². The van der Waals surface area contributed by atoms with Crippen LogP contribution in [0.5, 0.6) is 0 Å². The minimum Gasteiger partial charge on any atom is -0.367 e. The van der Waals surface area contributed by atoms with E-state index in [4.69, 9.17) is 0 Å². The third kappa shape index (κ3) is 7.00. The van der Waals surface area contributed by atoms with Crippen molar-refractivity contribution in [3.8, 4) is 0 Å². The monoisotopic (exact) mass is 422 g/mol. The topological polar surface area (TPSA) is 98.8 Å². The first-order chi connectivity index (χ1) is 14.4. The lowest BCUT2D eigenvalue weighted by Gasteiger charge is -2.30. The van der Waals surface area contributed by atoms with Gasteiger partial charge in [-0.3, -0.25) is 29.4 Å². The molecule has 166 valence electrons. The summed E-state index contributed by atoms with van der Waals surface area (Å²) in [7, 11) is 3.67. The van der Waals surface area contributed by atoms with E-state index in [1.165, 1.54) is 6.07 Å². The molecular weight excluding hydrogens is 391 g/mol. The summed E-state index contributed by atoms with van der Waals surface area (Å²) in [6.45, 7) is 6.95. The number of amides is 2. The number of likely N-dealkylation sites (N-methyl/N-ethyl adjacent to an activating group) is 1. The van der Waals surface area contributed by atoms with Crippen LogP contribution in [-0.4, -0.2) is 75.6 Å². The molecule has 0 bridgehead atoms. The second-order valence-electron chi connectivity index (χ2n) is 6.84. The molecule has 2 heterocycles. The van der Waals surface area contributed by atoms with Crippen LogP contribution in [0.2, 0.25) is 0 Å². The van der Waals surface area contributed by atoms with Gasteiger partial charge in [-0.2, -0.15) is 0 Å². The van der Waals surface area contributed by atoms with E-state index in [2.05, 4.69) is 10.6 Å². The van der Waals surface area contributed by atoms with Gasteiger partial charge in [0, 0.05) is 43.7 Å². The van der Waals surface area contributed by atoms with Gasteiger partial charge in [-0.25, -0.2) is 4.39 Å². The number of carbonyl (C=O) groups excluding carboxylic acids is 4. The molecule has 2 aliphatic heterocycles. The normalized spacial score (nSPS) is 18.5. The van der Waals surface area contributed by atoms with E-state index in [-0.39, 0.29) is 29.0 Å². The summed E-state index contributed by atoms with van der Waals surface area (Å²) in [5.74, 6) is -0.793. The van der Waals surface area contributed by atoms with E-state index < -0.39 is 5.82 Å². The molecule has 1 aromatic rings. The second kappa shape index (κ2) is 12.8. The van der Waals surface area contributed by atoms with Crippen LogP contribution in [0.3, 0.4) is 0 Å². The first-order valence-electron chi connectivity index (χ1n) is 10.1. The Hall–Kier alpha value is -2.65. The first-order valence-corrected chi connectivity index (χ1v) is 10.1. The maximum Gasteiger partial charge on any atom is 0.243 e. The van der Waals surface area contributed by atoms with E-state index in [0.717, 1.165) is 19.2 Å². The fourth-order valence-corrected chi connectivity index (χ4v) is 3.12. The van der Waals surface area contributed by atoms with Gasteiger partial charge in [0.1, 0.15) is 5.82 Å². The maximum absolute atomic E-state index is 13.8.